The minimum absolute atomic E-state index is 0.548. The van der Waals surface area contributed by atoms with E-state index in [1.807, 2.05) is 29.8 Å². The van der Waals surface area contributed by atoms with Crippen molar-refractivity contribution in [1.82, 2.24) is 29.4 Å². The Kier molecular flexibility index (Phi) is 3.16. The highest BCUT2D eigenvalue weighted by atomic mass is 79.9. The van der Waals surface area contributed by atoms with Crippen molar-refractivity contribution in [3.05, 3.63) is 35.0 Å². The molecule has 0 saturated carbocycles. The lowest BCUT2D eigenvalue weighted by molar-refractivity contribution is 0.706. The van der Waals surface area contributed by atoms with Gasteiger partial charge in [-0.05, 0) is 35.0 Å². The van der Waals surface area contributed by atoms with Crippen LogP contribution in [-0.4, -0.2) is 29.4 Å². The lowest BCUT2D eigenvalue weighted by atomic mass is 10.5. The fraction of sp³-hybridized carbons (Fsp3) is 0.273. The van der Waals surface area contributed by atoms with Crippen LogP contribution in [0, 0.1) is 0 Å². The lowest BCUT2D eigenvalue weighted by Gasteiger charge is -2.02. The molecular formula is C11H12BrN7. The van der Waals surface area contributed by atoms with Gasteiger partial charge >= 0.3 is 0 Å². The van der Waals surface area contributed by atoms with Gasteiger partial charge in [-0.1, -0.05) is 0 Å². The number of anilines is 1. The number of halogens is 1. The number of nitrogens with zero attached hydrogens (tertiary/aromatic N) is 6. The lowest BCUT2D eigenvalue weighted by Crippen LogP contribution is -2.08. The molecule has 7 nitrogen and oxygen atoms in total. The van der Waals surface area contributed by atoms with Crippen LogP contribution in [0.15, 0.2) is 29.1 Å². The second-order valence-corrected chi connectivity index (χ2v) is 4.89. The van der Waals surface area contributed by atoms with Crippen molar-refractivity contribution >= 4 is 27.5 Å². The summed E-state index contributed by atoms with van der Waals surface area (Å²) in [6, 6.07) is 3.83. The van der Waals surface area contributed by atoms with E-state index in [1.54, 1.807) is 10.8 Å². The summed E-state index contributed by atoms with van der Waals surface area (Å²) in [6.45, 7) is 3.44. The predicted octanol–water partition coefficient (Wildman–Crippen LogP) is 1.72. The van der Waals surface area contributed by atoms with E-state index in [0.29, 0.717) is 12.5 Å². The molecule has 0 bridgehead atoms. The second-order valence-electron chi connectivity index (χ2n) is 3.97. The summed E-state index contributed by atoms with van der Waals surface area (Å²) in [5, 5.41) is 15.4. The van der Waals surface area contributed by atoms with Crippen molar-refractivity contribution in [2.75, 3.05) is 5.32 Å². The molecule has 98 valence electrons. The molecule has 0 amide bonds. The zero-order valence-corrected chi connectivity index (χ0v) is 11.9. The number of fused-ring (bicyclic) bond motifs is 1. The van der Waals surface area contributed by atoms with Crippen LogP contribution in [0.5, 0.6) is 0 Å². The SMILES string of the molecule is CCn1cnnc1CNc1nc2ccc(Br)cn2n1. The van der Waals surface area contributed by atoms with Gasteiger partial charge in [-0.15, -0.1) is 15.3 Å². The van der Waals surface area contributed by atoms with Gasteiger partial charge in [0.25, 0.3) is 0 Å². The molecule has 1 N–H and O–H groups in total. The summed E-state index contributed by atoms with van der Waals surface area (Å²) < 4.78 is 4.65. The number of hydrogen-bond donors (Lipinski definition) is 1. The van der Waals surface area contributed by atoms with Gasteiger partial charge in [0.1, 0.15) is 6.33 Å². The standard InChI is InChI=1S/C11H12BrN7/c1-2-18-7-14-16-10(18)5-13-11-15-9-4-3-8(12)6-19(9)17-11/h3-4,6-7H,2,5H2,1H3,(H,13,17). The van der Waals surface area contributed by atoms with E-state index in [-0.39, 0.29) is 0 Å². The zero-order valence-electron chi connectivity index (χ0n) is 10.3. The van der Waals surface area contributed by atoms with Gasteiger partial charge in [0.2, 0.25) is 5.95 Å². The van der Waals surface area contributed by atoms with Crippen LogP contribution in [-0.2, 0) is 13.1 Å². The monoisotopic (exact) mass is 321 g/mol. The van der Waals surface area contributed by atoms with E-state index in [0.717, 1.165) is 22.5 Å². The van der Waals surface area contributed by atoms with Crippen LogP contribution in [0.3, 0.4) is 0 Å². The number of hydrogen-bond acceptors (Lipinski definition) is 5. The molecular weight excluding hydrogens is 310 g/mol. The minimum atomic E-state index is 0.548. The van der Waals surface area contributed by atoms with Crippen molar-refractivity contribution in [3.63, 3.8) is 0 Å². The number of aromatic nitrogens is 6. The predicted molar refractivity (Wildman–Crippen MR) is 73.7 cm³/mol. The summed E-state index contributed by atoms with van der Waals surface area (Å²) in [5.74, 6) is 1.44. The van der Waals surface area contributed by atoms with Crippen molar-refractivity contribution in [2.24, 2.45) is 0 Å². The molecule has 0 aliphatic rings. The van der Waals surface area contributed by atoms with E-state index in [4.69, 9.17) is 0 Å². The first-order valence-electron chi connectivity index (χ1n) is 5.89. The molecule has 19 heavy (non-hydrogen) atoms. The zero-order chi connectivity index (χ0) is 13.2. The third-order valence-corrected chi connectivity index (χ3v) is 3.20. The van der Waals surface area contributed by atoms with Crippen LogP contribution >= 0.6 is 15.9 Å². The third-order valence-electron chi connectivity index (χ3n) is 2.74. The maximum atomic E-state index is 4.37. The van der Waals surface area contributed by atoms with Crippen LogP contribution in [0.4, 0.5) is 5.95 Å². The van der Waals surface area contributed by atoms with E-state index in [9.17, 15) is 0 Å². The summed E-state index contributed by atoms with van der Waals surface area (Å²) >= 11 is 3.40. The van der Waals surface area contributed by atoms with E-state index in [1.165, 1.54) is 0 Å². The average Bonchev–Trinajstić information content (AvgIpc) is 3.01. The van der Waals surface area contributed by atoms with Gasteiger partial charge in [-0.25, -0.2) is 4.52 Å². The molecule has 3 heterocycles. The van der Waals surface area contributed by atoms with Crippen LogP contribution in [0.1, 0.15) is 12.7 Å². The Hall–Kier alpha value is -1.96. The normalized spacial score (nSPS) is 11.1. The summed E-state index contributed by atoms with van der Waals surface area (Å²) in [7, 11) is 0. The molecule has 0 saturated heterocycles. The fourth-order valence-electron chi connectivity index (χ4n) is 1.77. The van der Waals surface area contributed by atoms with Gasteiger partial charge in [0.05, 0.1) is 6.54 Å². The fourth-order valence-corrected chi connectivity index (χ4v) is 2.10. The Morgan fingerprint density at radius 3 is 3.11 bits per heavy atom. The first kappa shape index (κ1) is 12.1. The molecule has 3 rings (SSSR count). The topological polar surface area (TPSA) is 72.9 Å². The third kappa shape index (κ3) is 2.43. The average molecular weight is 322 g/mol. The van der Waals surface area contributed by atoms with Gasteiger partial charge in [-0.2, -0.15) is 4.98 Å². The van der Waals surface area contributed by atoms with Crippen molar-refractivity contribution in [2.45, 2.75) is 20.0 Å². The highest BCUT2D eigenvalue weighted by Crippen LogP contribution is 2.12. The Morgan fingerprint density at radius 2 is 2.26 bits per heavy atom. The Bertz CT molecular complexity index is 702. The van der Waals surface area contributed by atoms with Crippen LogP contribution in [0.25, 0.3) is 5.65 Å². The molecule has 0 radical (unpaired) electrons. The smallest absolute Gasteiger partial charge is 0.243 e. The largest absolute Gasteiger partial charge is 0.346 e. The van der Waals surface area contributed by atoms with Crippen molar-refractivity contribution < 1.29 is 0 Å². The number of rotatable bonds is 4. The molecule has 3 aromatic heterocycles. The van der Waals surface area contributed by atoms with Crippen LogP contribution in [0.2, 0.25) is 0 Å². The quantitative estimate of drug-likeness (QED) is 0.792. The molecule has 0 aliphatic carbocycles. The molecule has 0 unspecified atom stereocenters. The summed E-state index contributed by atoms with van der Waals surface area (Å²) in [4.78, 5) is 4.37. The van der Waals surface area contributed by atoms with Crippen molar-refractivity contribution in [1.29, 1.82) is 0 Å². The van der Waals surface area contributed by atoms with E-state index >= 15 is 0 Å². The molecule has 8 heteroatoms. The van der Waals surface area contributed by atoms with Gasteiger partial charge in [-0.3, -0.25) is 0 Å². The minimum Gasteiger partial charge on any atom is -0.346 e. The maximum absolute atomic E-state index is 4.37. The molecule has 0 aliphatic heterocycles. The van der Waals surface area contributed by atoms with Gasteiger partial charge < -0.3 is 9.88 Å². The molecule has 0 atom stereocenters. The van der Waals surface area contributed by atoms with E-state index in [2.05, 4.69) is 41.5 Å². The first-order valence-corrected chi connectivity index (χ1v) is 6.68. The van der Waals surface area contributed by atoms with E-state index < -0.39 is 0 Å². The molecule has 0 spiro atoms. The number of nitrogens with one attached hydrogen (secondary N) is 1. The Balaban J connectivity index is 1.78. The van der Waals surface area contributed by atoms with Gasteiger partial charge in [0, 0.05) is 17.2 Å². The Morgan fingerprint density at radius 1 is 1.37 bits per heavy atom. The number of pyridine rings is 1. The second kappa shape index (κ2) is 4.96. The first-order chi connectivity index (χ1) is 9.26. The molecule has 0 aromatic carbocycles. The highest BCUT2D eigenvalue weighted by molar-refractivity contribution is 9.10. The van der Waals surface area contributed by atoms with Crippen molar-refractivity contribution in [3.8, 4) is 0 Å². The van der Waals surface area contributed by atoms with Gasteiger partial charge in [0.15, 0.2) is 11.5 Å². The summed E-state index contributed by atoms with van der Waals surface area (Å²) in [5.41, 5.74) is 0.794. The maximum Gasteiger partial charge on any atom is 0.243 e. The van der Waals surface area contributed by atoms with Crippen LogP contribution < -0.4 is 5.32 Å². The highest BCUT2D eigenvalue weighted by Gasteiger charge is 2.06. The number of aryl methyl sites for hydroxylation is 1. The summed E-state index contributed by atoms with van der Waals surface area (Å²) in [6.07, 6.45) is 3.58. The molecule has 0 fully saturated rings. The Labute approximate surface area is 117 Å². The molecule has 3 aromatic rings.